The minimum Gasteiger partial charge on any atom is -0.384 e. The van der Waals surface area contributed by atoms with Gasteiger partial charge >= 0.3 is 0 Å². The van der Waals surface area contributed by atoms with Gasteiger partial charge in [-0.25, -0.2) is 0 Å². The minimum atomic E-state index is 0.437. The average Bonchev–Trinajstić information content (AvgIpc) is 2.59. The topological polar surface area (TPSA) is 47.7 Å². The summed E-state index contributed by atoms with van der Waals surface area (Å²) in [7, 11) is 1.76. The Balaban J connectivity index is 1.93. The van der Waals surface area contributed by atoms with E-state index in [1.165, 1.54) is 12.8 Å². The van der Waals surface area contributed by atoms with Crippen molar-refractivity contribution in [3.63, 3.8) is 0 Å². The van der Waals surface area contributed by atoms with Crippen LogP contribution in [0.4, 0.5) is 0 Å². The first-order valence-electron chi connectivity index (χ1n) is 6.33. The SMILES string of the molecule is COCC(C)C(CN)N1CC2CCC(C1)O2. The lowest BCUT2D eigenvalue weighted by Gasteiger charge is -2.40. The summed E-state index contributed by atoms with van der Waals surface area (Å²) in [6, 6.07) is 0.437. The van der Waals surface area contributed by atoms with Crippen LogP contribution in [0.5, 0.6) is 0 Å². The number of likely N-dealkylation sites (tertiary alicyclic amines) is 1. The number of morpholine rings is 1. The molecular weight excluding hydrogens is 204 g/mol. The molecule has 2 N–H and O–H groups in total. The third-order valence-electron chi connectivity index (χ3n) is 3.87. The molecule has 0 aromatic carbocycles. The van der Waals surface area contributed by atoms with Crippen LogP contribution < -0.4 is 5.73 Å². The molecule has 2 fully saturated rings. The summed E-state index contributed by atoms with van der Waals surface area (Å²) in [5.41, 5.74) is 5.91. The molecule has 16 heavy (non-hydrogen) atoms. The largest absolute Gasteiger partial charge is 0.384 e. The van der Waals surface area contributed by atoms with E-state index in [1.54, 1.807) is 7.11 Å². The first-order chi connectivity index (χ1) is 7.74. The number of hydrogen-bond acceptors (Lipinski definition) is 4. The molecule has 2 aliphatic rings. The van der Waals surface area contributed by atoms with Gasteiger partial charge in [-0.05, 0) is 18.8 Å². The standard InChI is InChI=1S/C12H24N2O2/c1-9(8-15-2)12(5-13)14-6-10-3-4-11(7-14)16-10/h9-12H,3-8,13H2,1-2H3. The van der Waals surface area contributed by atoms with Crippen molar-refractivity contribution in [2.75, 3.05) is 33.4 Å². The maximum atomic E-state index is 5.91. The number of ether oxygens (including phenoxy) is 2. The molecule has 0 aromatic rings. The molecule has 4 unspecified atom stereocenters. The summed E-state index contributed by atoms with van der Waals surface area (Å²) in [5, 5.41) is 0. The summed E-state index contributed by atoms with van der Waals surface area (Å²) in [6.07, 6.45) is 3.33. The fraction of sp³-hybridized carbons (Fsp3) is 1.00. The highest BCUT2D eigenvalue weighted by molar-refractivity contribution is 4.89. The van der Waals surface area contributed by atoms with Crippen molar-refractivity contribution in [3.8, 4) is 0 Å². The van der Waals surface area contributed by atoms with E-state index in [1.807, 2.05) is 0 Å². The van der Waals surface area contributed by atoms with Gasteiger partial charge < -0.3 is 15.2 Å². The van der Waals surface area contributed by atoms with Crippen LogP contribution >= 0.6 is 0 Å². The fourth-order valence-corrected chi connectivity index (χ4v) is 3.03. The summed E-state index contributed by atoms with van der Waals surface area (Å²) in [6.45, 7) is 5.82. The predicted molar refractivity (Wildman–Crippen MR) is 63.4 cm³/mol. The van der Waals surface area contributed by atoms with Gasteiger partial charge in [0, 0.05) is 32.8 Å². The smallest absolute Gasteiger partial charge is 0.0707 e. The molecule has 0 amide bonds. The van der Waals surface area contributed by atoms with Gasteiger partial charge in [0.1, 0.15) is 0 Å². The summed E-state index contributed by atoms with van der Waals surface area (Å²) in [4.78, 5) is 2.51. The molecule has 0 spiro atoms. The van der Waals surface area contributed by atoms with Crippen LogP contribution in [0.2, 0.25) is 0 Å². The zero-order valence-electron chi connectivity index (χ0n) is 10.4. The number of rotatable bonds is 5. The lowest BCUT2D eigenvalue weighted by Crippen LogP contribution is -2.53. The average molecular weight is 228 g/mol. The maximum Gasteiger partial charge on any atom is 0.0707 e. The maximum absolute atomic E-state index is 5.91. The van der Waals surface area contributed by atoms with E-state index in [2.05, 4.69) is 11.8 Å². The van der Waals surface area contributed by atoms with Crippen LogP contribution in [0.1, 0.15) is 19.8 Å². The Morgan fingerprint density at radius 3 is 2.50 bits per heavy atom. The Hall–Kier alpha value is -0.160. The van der Waals surface area contributed by atoms with E-state index in [9.17, 15) is 0 Å². The summed E-state index contributed by atoms with van der Waals surface area (Å²) in [5.74, 6) is 0.493. The van der Waals surface area contributed by atoms with Gasteiger partial charge in [-0.2, -0.15) is 0 Å². The molecule has 4 heteroatoms. The van der Waals surface area contributed by atoms with E-state index >= 15 is 0 Å². The third kappa shape index (κ3) is 2.56. The molecule has 94 valence electrons. The molecule has 0 aliphatic carbocycles. The Morgan fingerprint density at radius 1 is 1.38 bits per heavy atom. The van der Waals surface area contributed by atoms with Crippen molar-refractivity contribution in [2.24, 2.45) is 11.7 Å². The van der Waals surface area contributed by atoms with Crippen LogP contribution in [-0.2, 0) is 9.47 Å². The van der Waals surface area contributed by atoms with E-state index in [0.29, 0.717) is 30.7 Å². The molecule has 2 bridgehead atoms. The number of hydrogen-bond donors (Lipinski definition) is 1. The monoisotopic (exact) mass is 228 g/mol. The summed E-state index contributed by atoms with van der Waals surface area (Å²) >= 11 is 0. The molecular formula is C12H24N2O2. The first kappa shape index (κ1) is 12.3. The Labute approximate surface area is 98.1 Å². The molecule has 0 radical (unpaired) electrons. The number of methoxy groups -OCH3 is 1. The molecule has 2 aliphatic heterocycles. The van der Waals surface area contributed by atoms with Gasteiger partial charge in [-0.15, -0.1) is 0 Å². The van der Waals surface area contributed by atoms with Crippen molar-refractivity contribution >= 4 is 0 Å². The molecule has 4 nitrogen and oxygen atoms in total. The second-order valence-corrected chi connectivity index (χ2v) is 5.15. The first-order valence-corrected chi connectivity index (χ1v) is 6.33. The molecule has 4 atom stereocenters. The quantitative estimate of drug-likeness (QED) is 0.742. The fourth-order valence-electron chi connectivity index (χ4n) is 3.03. The Morgan fingerprint density at radius 2 is 2.00 bits per heavy atom. The van der Waals surface area contributed by atoms with Crippen LogP contribution in [0.25, 0.3) is 0 Å². The molecule has 0 saturated carbocycles. The van der Waals surface area contributed by atoms with Crippen molar-refractivity contribution in [3.05, 3.63) is 0 Å². The highest BCUT2D eigenvalue weighted by Crippen LogP contribution is 2.28. The van der Waals surface area contributed by atoms with Gasteiger partial charge in [0.15, 0.2) is 0 Å². The molecule has 2 heterocycles. The zero-order chi connectivity index (χ0) is 11.5. The van der Waals surface area contributed by atoms with Gasteiger partial charge in [-0.1, -0.05) is 6.92 Å². The lowest BCUT2D eigenvalue weighted by atomic mass is 10.0. The van der Waals surface area contributed by atoms with Crippen LogP contribution in [0.3, 0.4) is 0 Å². The number of fused-ring (bicyclic) bond motifs is 2. The van der Waals surface area contributed by atoms with Crippen LogP contribution in [0.15, 0.2) is 0 Å². The van der Waals surface area contributed by atoms with E-state index in [0.717, 1.165) is 19.7 Å². The van der Waals surface area contributed by atoms with Gasteiger partial charge in [0.2, 0.25) is 0 Å². The molecule has 2 saturated heterocycles. The second-order valence-electron chi connectivity index (χ2n) is 5.15. The summed E-state index contributed by atoms with van der Waals surface area (Å²) < 4.78 is 11.1. The highest BCUT2D eigenvalue weighted by Gasteiger charge is 2.37. The van der Waals surface area contributed by atoms with Crippen molar-refractivity contribution in [1.29, 1.82) is 0 Å². The van der Waals surface area contributed by atoms with Gasteiger partial charge in [0.25, 0.3) is 0 Å². The Bertz CT molecular complexity index is 213. The van der Waals surface area contributed by atoms with Gasteiger partial charge in [-0.3, -0.25) is 4.90 Å². The van der Waals surface area contributed by atoms with Crippen molar-refractivity contribution in [2.45, 2.75) is 38.0 Å². The zero-order valence-corrected chi connectivity index (χ0v) is 10.4. The minimum absolute atomic E-state index is 0.437. The Kier molecular flexibility index (Phi) is 4.19. The van der Waals surface area contributed by atoms with Gasteiger partial charge in [0.05, 0.1) is 18.8 Å². The van der Waals surface area contributed by atoms with E-state index in [4.69, 9.17) is 15.2 Å². The molecule has 0 aromatic heterocycles. The lowest BCUT2D eigenvalue weighted by molar-refractivity contribution is -0.0627. The van der Waals surface area contributed by atoms with Crippen LogP contribution in [0, 0.1) is 5.92 Å². The predicted octanol–water partition coefficient (Wildman–Crippen LogP) is 0.459. The van der Waals surface area contributed by atoms with Crippen LogP contribution in [-0.4, -0.2) is 56.5 Å². The van der Waals surface area contributed by atoms with E-state index in [-0.39, 0.29) is 0 Å². The number of nitrogens with zero attached hydrogens (tertiary/aromatic N) is 1. The molecule has 2 rings (SSSR count). The number of nitrogens with two attached hydrogens (primary N) is 1. The third-order valence-corrected chi connectivity index (χ3v) is 3.87. The highest BCUT2D eigenvalue weighted by atomic mass is 16.5. The van der Waals surface area contributed by atoms with E-state index < -0.39 is 0 Å². The normalized spacial score (nSPS) is 33.9. The second kappa shape index (κ2) is 5.45. The van der Waals surface area contributed by atoms with Crippen molar-refractivity contribution in [1.82, 2.24) is 4.90 Å². The van der Waals surface area contributed by atoms with Crippen molar-refractivity contribution < 1.29 is 9.47 Å².